The van der Waals surface area contributed by atoms with Gasteiger partial charge in [-0.2, -0.15) is 0 Å². The topological polar surface area (TPSA) is 77.6 Å². The minimum Gasteiger partial charge on any atom is -0.454 e. The molecule has 0 spiro atoms. The summed E-state index contributed by atoms with van der Waals surface area (Å²) in [6.45, 7) is 0.159. The zero-order valence-corrected chi connectivity index (χ0v) is 12.2. The Bertz CT molecular complexity index is 736. The number of amidine groups is 1. The van der Waals surface area contributed by atoms with E-state index in [0.29, 0.717) is 17.2 Å². The molecule has 1 aliphatic rings. The van der Waals surface area contributed by atoms with Crippen LogP contribution in [-0.2, 0) is 0 Å². The van der Waals surface area contributed by atoms with Crippen LogP contribution < -0.4 is 19.9 Å². The molecule has 0 atom stereocenters. The number of hydrogen-bond donors (Lipinski definition) is 2. The fraction of sp³-hybridized carbons (Fsp3) is 0.0714. The van der Waals surface area contributed by atoms with Gasteiger partial charge >= 0.3 is 0 Å². The molecule has 0 amide bonds. The molecule has 0 fully saturated rings. The minimum atomic E-state index is -0.625. The van der Waals surface area contributed by atoms with Crippen molar-refractivity contribution in [3.05, 3.63) is 46.2 Å². The predicted octanol–water partition coefficient (Wildman–Crippen LogP) is 3.39. The minimum absolute atomic E-state index is 0.0192. The molecule has 1 aliphatic heterocycles. The van der Waals surface area contributed by atoms with Crippen molar-refractivity contribution in [2.45, 2.75) is 0 Å². The van der Waals surface area contributed by atoms with E-state index in [4.69, 9.17) is 25.4 Å². The first-order valence-corrected chi connectivity index (χ1v) is 6.75. The molecule has 0 aliphatic carbocycles. The average Bonchev–Trinajstić information content (AvgIpc) is 2.91. The Kier molecular flexibility index (Phi) is 3.42. The molecular weight excluding hydrogens is 343 g/mol. The van der Waals surface area contributed by atoms with Gasteiger partial charge in [-0.15, -0.1) is 0 Å². The fourth-order valence-corrected chi connectivity index (χ4v) is 2.43. The molecule has 21 heavy (non-hydrogen) atoms. The zero-order valence-electron chi connectivity index (χ0n) is 10.7. The van der Waals surface area contributed by atoms with Crippen LogP contribution in [0.4, 0.5) is 4.39 Å². The number of halogens is 2. The monoisotopic (exact) mass is 352 g/mol. The van der Waals surface area contributed by atoms with Crippen LogP contribution in [0.2, 0.25) is 0 Å². The highest BCUT2D eigenvalue weighted by molar-refractivity contribution is 9.10. The quantitative estimate of drug-likeness (QED) is 0.655. The van der Waals surface area contributed by atoms with Gasteiger partial charge in [0.25, 0.3) is 0 Å². The van der Waals surface area contributed by atoms with Crippen molar-refractivity contribution >= 4 is 21.8 Å². The number of rotatable bonds is 3. The lowest BCUT2D eigenvalue weighted by Gasteiger charge is -2.10. The fourth-order valence-electron chi connectivity index (χ4n) is 1.89. The van der Waals surface area contributed by atoms with E-state index in [1.54, 1.807) is 18.2 Å². The Morgan fingerprint density at radius 3 is 2.76 bits per heavy atom. The molecule has 108 valence electrons. The van der Waals surface area contributed by atoms with Crippen LogP contribution in [0.3, 0.4) is 0 Å². The Morgan fingerprint density at radius 2 is 2.00 bits per heavy atom. The van der Waals surface area contributed by atoms with E-state index >= 15 is 0 Å². The van der Waals surface area contributed by atoms with E-state index in [1.807, 2.05) is 0 Å². The summed E-state index contributed by atoms with van der Waals surface area (Å²) in [7, 11) is 0. The molecule has 0 radical (unpaired) electrons. The smallest absolute Gasteiger partial charge is 0.231 e. The summed E-state index contributed by atoms with van der Waals surface area (Å²) in [5.41, 5.74) is 5.63. The van der Waals surface area contributed by atoms with E-state index in [9.17, 15) is 4.39 Å². The largest absolute Gasteiger partial charge is 0.454 e. The maximum atomic E-state index is 14.2. The first-order chi connectivity index (χ1) is 10.1. The Morgan fingerprint density at radius 1 is 1.24 bits per heavy atom. The Balaban J connectivity index is 1.92. The third kappa shape index (κ3) is 2.52. The highest BCUT2D eigenvalue weighted by atomic mass is 79.9. The lowest BCUT2D eigenvalue weighted by Crippen LogP contribution is -2.12. The highest BCUT2D eigenvalue weighted by Gasteiger charge is 2.17. The molecule has 2 aromatic carbocycles. The highest BCUT2D eigenvalue weighted by Crippen LogP contribution is 2.38. The van der Waals surface area contributed by atoms with Gasteiger partial charge in [0, 0.05) is 11.6 Å². The summed E-state index contributed by atoms with van der Waals surface area (Å²) >= 11 is 3.07. The lowest BCUT2D eigenvalue weighted by molar-refractivity contribution is 0.174. The van der Waals surface area contributed by atoms with Gasteiger partial charge in [0.05, 0.1) is 4.47 Å². The van der Waals surface area contributed by atoms with E-state index in [1.165, 1.54) is 12.1 Å². The first kappa shape index (κ1) is 13.7. The maximum Gasteiger partial charge on any atom is 0.231 e. The Hall–Kier alpha value is -2.28. The average molecular weight is 353 g/mol. The second-order valence-corrected chi connectivity index (χ2v) is 5.06. The molecule has 3 rings (SSSR count). The predicted molar refractivity (Wildman–Crippen MR) is 77.8 cm³/mol. The molecule has 7 heteroatoms. The SMILES string of the molecule is N=C(N)c1ccc(Oc2ccc3c(c2)OCO3)c(F)c1Br. The molecule has 5 nitrogen and oxygen atoms in total. The molecule has 2 aromatic rings. The van der Waals surface area contributed by atoms with Gasteiger partial charge in [-0.3, -0.25) is 5.41 Å². The van der Waals surface area contributed by atoms with E-state index in [2.05, 4.69) is 15.9 Å². The van der Waals surface area contributed by atoms with Gasteiger partial charge in [-0.1, -0.05) is 0 Å². The molecular formula is C14H10BrFN2O3. The maximum absolute atomic E-state index is 14.2. The normalized spacial score (nSPS) is 12.3. The van der Waals surface area contributed by atoms with Crippen LogP contribution in [0.5, 0.6) is 23.0 Å². The lowest BCUT2D eigenvalue weighted by atomic mass is 10.2. The molecule has 3 N–H and O–H groups in total. The number of nitrogens with two attached hydrogens (primary N) is 1. The molecule has 0 saturated carbocycles. The number of benzene rings is 2. The van der Waals surface area contributed by atoms with Crippen molar-refractivity contribution in [3.63, 3.8) is 0 Å². The van der Waals surface area contributed by atoms with Gasteiger partial charge < -0.3 is 19.9 Å². The molecule has 0 aromatic heterocycles. The number of nitrogen functional groups attached to an aromatic ring is 1. The summed E-state index contributed by atoms with van der Waals surface area (Å²) in [5.74, 6) is 0.755. The summed E-state index contributed by atoms with van der Waals surface area (Å²) in [6, 6.07) is 7.89. The number of fused-ring (bicyclic) bond motifs is 1. The van der Waals surface area contributed by atoms with E-state index < -0.39 is 5.82 Å². The second kappa shape index (κ2) is 5.25. The molecule has 0 saturated heterocycles. The first-order valence-electron chi connectivity index (χ1n) is 5.96. The van der Waals surface area contributed by atoms with Crippen LogP contribution in [0.1, 0.15) is 5.56 Å². The van der Waals surface area contributed by atoms with Gasteiger partial charge in [-0.25, -0.2) is 4.39 Å². The van der Waals surface area contributed by atoms with Crippen LogP contribution in [0, 0.1) is 11.2 Å². The van der Waals surface area contributed by atoms with Crippen LogP contribution in [0.25, 0.3) is 0 Å². The summed E-state index contributed by atoms with van der Waals surface area (Å²) < 4.78 is 30.2. The van der Waals surface area contributed by atoms with Gasteiger partial charge in [0.1, 0.15) is 11.6 Å². The van der Waals surface area contributed by atoms with Crippen LogP contribution in [-0.4, -0.2) is 12.6 Å². The van der Waals surface area contributed by atoms with Crippen LogP contribution >= 0.6 is 15.9 Å². The summed E-state index contributed by atoms with van der Waals surface area (Å²) in [5, 5.41) is 7.36. The summed E-state index contributed by atoms with van der Waals surface area (Å²) in [6.07, 6.45) is 0. The van der Waals surface area contributed by atoms with Crippen molar-refractivity contribution in [2.24, 2.45) is 5.73 Å². The third-order valence-electron chi connectivity index (χ3n) is 2.91. The van der Waals surface area contributed by atoms with Gasteiger partial charge in [-0.05, 0) is 40.2 Å². The molecule has 0 bridgehead atoms. The van der Waals surface area contributed by atoms with Crippen molar-refractivity contribution in [1.82, 2.24) is 0 Å². The zero-order chi connectivity index (χ0) is 15.0. The van der Waals surface area contributed by atoms with E-state index in [0.717, 1.165) is 0 Å². The van der Waals surface area contributed by atoms with Crippen molar-refractivity contribution in [1.29, 1.82) is 5.41 Å². The Labute approximate surface area is 128 Å². The number of nitrogens with one attached hydrogen (secondary N) is 1. The standard InChI is InChI=1S/C14H10BrFN2O3/c15-12-8(14(17)18)2-4-10(13(12)16)21-7-1-3-9-11(5-7)20-6-19-9/h1-5H,6H2,(H3,17,18). The number of ether oxygens (including phenoxy) is 3. The molecule has 0 unspecified atom stereocenters. The van der Waals surface area contributed by atoms with Crippen molar-refractivity contribution in [3.8, 4) is 23.0 Å². The summed E-state index contributed by atoms with van der Waals surface area (Å²) in [4.78, 5) is 0. The third-order valence-corrected chi connectivity index (χ3v) is 3.68. The van der Waals surface area contributed by atoms with Crippen LogP contribution in [0.15, 0.2) is 34.8 Å². The molecule has 1 heterocycles. The van der Waals surface area contributed by atoms with E-state index in [-0.39, 0.29) is 28.4 Å². The van der Waals surface area contributed by atoms with Gasteiger partial charge in [0.2, 0.25) is 6.79 Å². The van der Waals surface area contributed by atoms with Crippen molar-refractivity contribution in [2.75, 3.05) is 6.79 Å². The van der Waals surface area contributed by atoms with Crippen molar-refractivity contribution < 1.29 is 18.6 Å². The van der Waals surface area contributed by atoms with Gasteiger partial charge in [0.15, 0.2) is 23.1 Å². The second-order valence-electron chi connectivity index (χ2n) is 4.27. The number of hydrogen-bond acceptors (Lipinski definition) is 4.